The predicted octanol–water partition coefficient (Wildman–Crippen LogP) is 1.84. The van der Waals surface area contributed by atoms with Crippen molar-refractivity contribution in [3.63, 3.8) is 0 Å². The van der Waals surface area contributed by atoms with E-state index in [0.717, 1.165) is 37.4 Å². The molecule has 0 amide bonds. The third-order valence-electron chi connectivity index (χ3n) is 3.88. The van der Waals surface area contributed by atoms with E-state index in [1.54, 1.807) is 7.11 Å². The SMILES string of the molecule is COc1ncnc2c1nc(CCl)n2C1CCN(C)CC1. The highest BCUT2D eigenvalue weighted by molar-refractivity contribution is 6.16. The first kappa shape index (κ1) is 13.6. The quantitative estimate of drug-likeness (QED) is 0.809. The second kappa shape index (κ2) is 5.54. The van der Waals surface area contributed by atoms with E-state index in [-0.39, 0.29) is 0 Å². The van der Waals surface area contributed by atoms with Gasteiger partial charge in [-0.05, 0) is 33.0 Å². The van der Waals surface area contributed by atoms with Gasteiger partial charge >= 0.3 is 0 Å². The minimum absolute atomic E-state index is 0.367. The lowest BCUT2D eigenvalue weighted by molar-refractivity contribution is 0.221. The molecule has 1 fully saturated rings. The van der Waals surface area contributed by atoms with E-state index >= 15 is 0 Å². The number of alkyl halides is 1. The number of hydrogen-bond donors (Lipinski definition) is 0. The van der Waals surface area contributed by atoms with Gasteiger partial charge in [0.05, 0.1) is 13.0 Å². The van der Waals surface area contributed by atoms with Gasteiger partial charge in [0.1, 0.15) is 12.2 Å². The molecule has 3 rings (SSSR count). The van der Waals surface area contributed by atoms with Gasteiger partial charge in [-0.25, -0.2) is 9.97 Å². The molecule has 0 aromatic carbocycles. The van der Waals surface area contributed by atoms with Crippen molar-refractivity contribution in [1.82, 2.24) is 24.4 Å². The second-order valence-electron chi connectivity index (χ2n) is 5.12. The molecule has 0 unspecified atom stereocenters. The maximum atomic E-state index is 6.06. The van der Waals surface area contributed by atoms with Gasteiger partial charge in [-0.2, -0.15) is 4.98 Å². The molecule has 1 aliphatic heterocycles. The summed E-state index contributed by atoms with van der Waals surface area (Å²) in [4.78, 5) is 15.4. The molecule has 108 valence electrons. The fourth-order valence-corrected chi connectivity index (χ4v) is 3.00. The Kier molecular flexibility index (Phi) is 3.76. The van der Waals surface area contributed by atoms with Crippen molar-refractivity contribution in [3.8, 4) is 5.88 Å². The highest BCUT2D eigenvalue weighted by atomic mass is 35.5. The van der Waals surface area contributed by atoms with Crippen molar-refractivity contribution in [3.05, 3.63) is 12.2 Å². The molecule has 2 aromatic heterocycles. The Labute approximate surface area is 122 Å². The maximum absolute atomic E-state index is 6.06. The van der Waals surface area contributed by atoms with Crippen molar-refractivity contribution in [2.75, 3.05) is 27.2 Å². The van der Waals surface area contributed by atoms with Crippen LogP contribution in [0.2, 0.25) is 0 Å². The van der Waals surface area contributed by atoms with E-state index in [1.165, 1.54) is 6.33 Å². The summed E-state index contributed by atoms with van der Waals surface area (Å²) in [6.07, 6.45) is 3.68. The number of ether oxygens (including phenoxy) is 1. The fourth-order valence-electron chi connectivity index (χ4n) is 2.81. The molecule has 3 heterocycles. The van der Waals surface area contributed by atoms with E-state index in [2.05, 4.69) is 31.5 Å². The highest BCUT2D eigenvalue weighted by Gasteiger charge is 2.24. The molecule has 0 radical (unpaired) electrons. The van der Waals surface area contributed by atoms with Gasteiger partial charge in [-0.1, -0.05) is 0 Å². The van der Waals surface area contributed by atoms with Crippen LogP contribution in [0.25, 0.3) is 11.2 Å². The number of methoxy groups -OCH3 is 1. The van der Waals surface area contributed by atoms with Crippen LogP contribution in [0.3, 0.4) is 0 Å². The minimum atomic E-state index is 0.367. The normalized spacial score (nSPS) is 17.8. The molecule has 0 saturated carbocycles. The Hall–Kier alpha value is -1.40. The highest BCUT2D eigenvalue weighted by Crippen LogP contribution is 2.30. The molecule has 20 heavy (non-hydrogen) atoms. The fraction of sp³-hybridized carbons (Fsp3) is 0.615. The minimum Gasteiger partial charge on any atom is -0.479 e. The van der Waals surface area contributed by atoms with Gasteiger partial charge in [0.25, 0.3) is 0 Å². The monoisotopic (exact) mass is 295 g/mol. The number of likely N-dealkylation sites (tertiary alicyclic amines) is 1. The van der Waals surface area contributed by atoms with Crippen LogP contribution in [0.4, 0.5) is 0 Å². The summed E-state index contributed by atoms with van der Waals surface area (Å²) in [5.41, 5.74) is 1.52. The zero-order valence-corrected chi connectivity index (χ0v) is 12.5. The van der Waals surface area contributed by atoms with Crippen LogP contribution in [-0.2, 0) is 5.88 Å². The topological polar surface area (TPSA) is 56.1 Å². The molecular weight excluding hydrogens is 278 g/mol. The van der Waals surface area contributed by atoms with E-state index in [0.29, 0.717) is 23.3 Å². The summed E-state index contributed by atoms with van der Waals surface area (Å²) < 4.78 is 7.43. The maximum Gasteiger partial charge on any atom is 0.245 e. The van der Waals surface area contributed by atoms with Gasteiger partial charge in [-0.3, -0.25) is 0 Å². The molecule has 0 spiro atoms. The number of aromatic nitrogens is 4. The van der Waals surface area contributed by atoms with Crippen LogP contribution < -0.4 is 4.74 Å². The van der Waals surface area contributed by atoms with Crippen LogP contribution in [0.1, 0.15) is 24.7 Å². The molecule has 0 atom stereocenters. The van der Waals surface area contributed by atoms with Crippen molar-refractivity contribution < 1.29 is 4.74 Å². The van der Waals surface area contributed by atoms with Gasteiger partial charge in [0, 0.05) is 6.04 Å². The molecule has 0 aliphatic carbocycles. The Morgan fingerprint density at radius 3 is 2.75 bits per heavy atom. The first-order valence-electron chi connectivity index (χ1n) is 6.75. The van der Waals surface area contributed by atoms with Gasteiger partial charge in [-0.15, -0.1) is 11.6 Å². The third-order valence-corrected chi connectivity index (χ3v) is 4.12. The Morgan fingerprint density at radius 1 is 1.35 bits per heavy atom. The zero-order valence-electron chi connectivity index (χ0n) is 11.7. The average molecular weight is 296 g/mol. The Morgan fingerprint density at radius 2 is 2.10 bits per heavy atom. The van der Waals surface area contributed by atoms with E-state index in [1.807, 2.05) is 0 Å². The summed E-state index contributed by atoms with van der Waals surface area (Å²) in [5, 5.41) is 0. The molecule has 6 nitrogen and oxygen atoms in total. The summed E-state index contributed by atoms with van der Waals surface area (Å²) in [6.45, 7) is 2.16. The summed E-state index contributed by atoms with van der Waals surface area (Å²) in [5.74, 6) is 1.72. The summed E-state index contributed by atoms with van der Waals surface area (Å²) in [7, 11) is 3.74. The van der Waals surface area contributed by atoms with Crippen LogP contribution in [0, 0.1) is 0 Å². The lowest BCUT2D eigenvalue weighted by Crippen LogP contribution is -2.32. The average Bonchev–Trinajstić information content (AvgIpc) is 2.86. The number of nitrogens with zero attached hydrogens (tertiary/aromatic N) is 5. The summed E-state index contributed by atoms with van der Waals surface area (Å²) in [6, 6.07) is 0.393. The van der Waals surface area contributed by atoms with Gasteiger partial charge < -0.3 is 14.2 Å². The van der Waals surface area contributed by atoms with Crippen LogP contribution >= 0.6 is 11.6 Å². The molecular formula is C13H18ClN5O. The number of halogens is 1. The number of imidazole rings is 1. The van der Waals surface area contributed by atoms with Gasteiger partial charge in [0.15, 0.2) is 11.2 Å². The standard InChI is InChI=1S/C13H18ClN5O/c1-18-5-3-9(4-6-18)19-10(7-14)17-11-12(19)15-8-16-13(11)20-2/h8-9H,3-7H2,1-2H3. The third kappa shape index (κ3) is 2.23. The molecule has 0 bridgehead atoms. The summed E-state index contributed by atoms with van der Waals surface area (Å²) >= 11 is 6.06. The number of piperidine rings is 1. The van der Waals surface area contributed by atoms with Crippen LogP contribution in [0.15, 0.2) is 6.33 Å². The van der Waals surface area contributed by atoms with Crippen molar-refractivity contribution >= 4 is 22.8 Å². The van der Waals surface area contributed by atoms with E-state index < -0.39 is 0 Å². The van der Waals surface area contributed by atoms with E-state index in [4.69, 9.17) is 16.3 Å². The molecule has 1 aliphatic rings. The predicted molar refractivity (Wildman–Crippen MR) is 77.2 cm³/mol. The van der Waals surface area contributed by atoms with Crippen molar-refractivity contribution in [1.29, 1.82) is 0 Å². The molecule has 7 heteroatoms. The Bertz CT molecular complexity index is 606. The number of fused-ring (bicyclic) bond motifs is 1. The number of hydrogen-bond acceptors (Lipinski definition) is 5. The van der Waals surface area contributed by atoms with E-state index in [9.17, 15) is 0 Å². The lowest BCUT2D eigenvalue weighted by Gasteiger charge is -2.30. The first-order valence-corrected chi connectivity index (χ1v) is 7.28. The molecule has 0 N–H and O–H groups in total. The van der Waals surface area contributed by atoms with Gasteiger partial charge in [0.2, 0.25) is 5.88 Å². The van der Waals surface area contributed by atoms with Crippen LogP contribution in [-0.4, -0.2) is 51.7 Å². The molecule has 2 aromatic rings. The largest absolute Gasteiger partial charge is 0.479 e. The van der Waals surface area contributed by atoms with Crippen molar-refractivity contribution in [2.24, 2.45) is 0 Å². The molecule has 1 saturated heterocycles. The first-order chi connectivity index (χ1) is 9.74. The zero-order chi connectivity index (χ0) is 14.1. The lowest BCUT2D eigenvalue weighted by atomic mass is 10.1. The van der Waals surface area contributed by atoms with Crippen LogP contribution in [0.5, 0.6) is 5.88 Å². The smallest absolute Gasteiger partial charge is 0.245 e. The second-order valence-corrected chi connectivity index (χ2v) is 5.39. The van der Waals surface area contributed by atoms with Crippen molar-refractivity contribution in [2.45, 2.75) is 24.8 Å². The Balaban J connectivity index is 2.09. The number of rotatable bonds is 3.